The Labute approximate surface area is 165 Å². The van der Waals surface area contributed by atoms with Gasteiger partial charge in [0.1, 0.15) is 0 Å². The number of guanidine groups is 1. The van der Waals surface area contributed by atoms with Crippen LogP contribution in [0.2, 0.25) is 0 Å². The van der Waals surface area contributed by atoms with Crippen LogP contribution in [0.4, 0.5) is 4.79 Å². The first-order valence-electron chi connectivity index (χ1n) is 9.97. The Morgan fingerprint density at radius 3 is 2.54 bits per heavy atom. The Bertz CT molecular complexity index is 834. The highest BCUT2D eigenvalue weighted by atomic mass is 16.2. The molecule has 1 fully saturated rings. The number of benzene rings is 1. The number of aliphatic imine (C=N–C) groups is 1. The zero-order valence-electron chi connectivity index (χ0n) is 16.7. The van der Waals surface area contributed by atoms with Crippen LogP contribution < -0.4 is 0 Å². The maximum Gasteiger partial charge on any atom is 0.328 e. The minimum absolute atomic E-state index is 0.151. The lowest BCUT2D eigenvalue weighted by atomic mass is 10.1. The number of carbonyl (C=O) groups is 2. The van der Waals surface area contributed by atoms with E-state index in [2.05, 4.69) is 24.0 Å². The van der Waals surface area contributed by atoms with Gasteiger partial charge in [0.25, 0.3) is 5.91 Å². The molecule has 1 aromatic rings. The van der Waals surface area contributed by atoms with E-state index in [0.717, 1.165) is 37.5 Å². The van der Waals surface area contributed by atoms with E-state index in [1.165, 1.54) is 10.5 Å². The van der Waals surface area contributed by atoms with Crippen LogP contribution in [0.3, 0.4) is 0 Å². The van der Waals surface area contributed by atoms with Crippen molar-refractivity contribution in [2.75, 3.05) is 20.1 Å². The van der Waals surface area contributed by atoms with Gasteiger partial charge in [0.05, 0.1) is 0 Å². The summed E-state index contributed by atoms with van der Waals surface area (Å²) in [6.07, 6.45) is 4.11. The molecule has 7 heteroatoms. The second-order valence-corrected chi connectivity index (χ2v) is 7.59. The first kappa shape index (κ1) is 18.5. The molecule has 0 radical (unpaired) electrons. The van der Waals surface area contributed by atoms with Gasteiger partial charge < -0.3 is 14.7 Å². The number of aryl methyl sites for hydroxylation is 1. The van der Waals surface area contributed by atoms with Crippen LogP contribution in [0.5, 0.6) is 0 Å². The van der Waals surface area contributed by atoms with Crippen molar-refractivity contribution in [3.8, 4) is 0 Å². The number of hydrogen-bond acceptors (Lipinski definition) is 5. The van der Waals surface area contributed by atoms with E-state index in [0.29, 0.717) is 6.54 Å². The molecule has 3 aliphatic heterocycles. The Balaban J connectivity index is 1.50. The molecule has 1 saturated heterocycles. The monoisotopic (exact) mass is 381 g/mol. The fraction of sp³-hybridized carbons (Fsp3) is 0.476. The number of amides is 3. The van der Waals surface area contributed by atoms with Gasteiger partial charge >= 0.3 is 6.03 Å². The standard InChI is InChI=1S/C21H27N5O2/c1-4-12-24-15(2)14-26-17-18(22-20(24)26)23(3)21(28)25(19(17)27)13-8-11-16-9-6-5-7-10-16/h5-7,9-10,14,17-18H,4,8,11-13H2,1-3H3. The molecule has 2 atom stereocenters. The summed E-state index contributed by atoms with van der Waals surface area (Å²) < 4.78 is 0. The largest absolute Gasteiger partial charge is 0.328 e. The molecule has 148 valence electrons. The summed E-state index contributed by atoms with van der Waals surface area (Å²) >= 11 is 0. The molecule has 0 bridgehead atoms. The lowest BCUT2D eigenvalue weighted by Gasteiger charge is -2.40. The van der Waals surface area contributed by atoms with Crippen molar-refractivity contribution in [1.82, 2.24) is 19.6 Å². The van der Waals surface area contributed by atoms with E-state index >= 15 is 0 Å². The molecule has 0 aliphatic carbocycles. The first-order chi connectivity index (χ1) is 13.5. The van der Waals surface area contributed by atoms with E-state index in [1.807, 2.05) is 36.2 Å². The number of likely N-dealkylation sites (N-methyl/N-ethyl adjacent to an activating group) is 1. The fourth-order valence-electron chi connectivity index (χ4n) is 4.19. The van der Waals surface area contributed by atoms with E-state index in [4.69, 9.17) is 4.99 Å². The molecule has 2 unspecified atom stereocenters. The summed E-state index contributed by atoms with van der Waals surface area (Å²) in [5.41, 5.74) is 2.30. The fourth-order valence-corrected chi connectivity index (χ4v) is 4.19. The number of fused-ring (bicyclic) bond motifs is 3. The predicted molar refractivity (Wildman–Crippen MR) is 107 cm³/mol. The third-order valence-corrected chi connectivity index (χ3v) is 5.64. The lowest BCUT2D eigenvalue weighted by molar-refractivity contribution is -0.136. The van der Waals surface area contributed by atoms with Crippen molar-refractivity contribution in [3.63, 3.8) is 0 Å². The Morgan fingerprint density at radius 2 is 1.82 bits per heavy atom. The first-order valence-corrected chi connectivity index (χ1v) is 9.97. The van der Waals surface area contributed by atoms with E-state index in [1.54, 1.807) is 11.9 Å². The number of carbonyl (C=O) groups excluding carboxylic acids is 2. The second kappa shape index (κ2) is 7.30. The van der Waals surface area contributed by atoms with Crippen LogP contribution in [0.15, 0.2) is 47.2 Å². The Morgan fingerprint density at radius 1 is 1.07 bits per heavy atom. The van der Waals surface area contributed by atoms with Crippen LogP contribution in [-0.4, -0.2) is 69.8 Å². The third-order valence-electron chi connectivity index (χ3n) is 5.64. The maximum atomic E-state index is 13.2. The molecule has 0 saturated carbocycles. The van der Waals surface area contributed by atoms with Crippen molar-refractivity contribution in [2.45, 2.75) is 45.3 Å². The van der Waals surface area contributed by atoms with Crippen LogP contribution in [0.25, 0.3) is 0 Å². The van der Waals surface area contributed by atoms with Crippen LogP contribution in [0.1, 0.15) is 32.3 Å². The predicted octanol–water partition coefficient (Wildman–Crippen LogP) is 2.47. The van der Waals surface area contributed by atoms with Crippen molar-refractivity contribution >= 4 is 17.9 Å². The molecule has 3 heterocycles. The summed E-state index contributed by atoms with van der Waals surface area (Å²) in [5, 5.41) is 0. The average Bonchev–Trinajstić information content (AvgIpc) is 3.20. The topological polar surface area (TPSA) is 59.5 Å². The number of urea groups is 1. The third kappa shape index (κ3) is 2.95. The molecule has 28 heavy (non-hydrogen) atoms. The number of nitrogens with zero attached hydrogens (tertiary/aromatic N) is 5. The summed E-state index contributed by atoms with van der Waals surface area (Å²) in [4.78, 5) is 37.9. The molecule has 0 spiro atoms. The minimum atomic E-state index is -0.466. The maximum absolute atomic E-state index is 13.2. The van der Waals surface area contributed by atoms with Gasteiger partial charge in [0, 0.05) is 32.0 Å². The quantitative estimate of drug-likeness (QED) is 0.760. The van der Waals surface area contributed by atoms with Crippen LogP contribution in [0, 0.1) is 0 Å². The van der Waals surface area contributed by atoms with Gasteiger partial charge in [-0.1, -0.05) is 37.3 Å². The summed E-state index contributed by atoms with van der Waals surface area (Å²) in [5.74, 6) is 0.635. The lowest BCUT2D eigenvalue weighted by Crippen LogP contribution is -2.64. The number of allylic oxidation sites excluding steroid dienone is 1. The highest BCUT2D eigenvalue weighted by Crippen LogP contribution is 2.34. The van der Waals surface area contributed by atoms with Crippen LogP contribution >= 0.6 is 0 Å². The van der Waals surface area contributed by atoms with Crippen molar-refractivity contribution in [3.05, 3.63) is 47.8 Å². The number of imide groups is 1. The molecule has 7 nitrogen and oxygen atoms in total. The summed E-state index contributed by atoms with van der Waals surface area (Å²) in [6, 6.07) is 9.41. The zero-order valence-corrected chi connectivity index (χ0v) is 16.7. The SMILES string of the molecule is CCCN1C(C)=CN2C1=NC1C2C(=O)N(CCCc2ccccc2)C(=O)N1C. The molecular formula is C21H27N5O2. The van der Waals surface area contributed by atoms with Gasteiger partial charge in [0.2, 0.25) is 5.96 Å². The number of rotatable bonds is 6. The minimum Gasteiger partial charge on any atom is -0.315 e. The van der Waals surface area contributed by atoms with Crippen molar-refractivity contribution in [2.24, 2.45) is 4.99 Å². The Hall–Kier alpha value is -2.83. The molecule has 1 aromatic carbocycles. The molecule has 3 aliphatic rings. The van der Waals surface area contributed by atoms with Gasteiger partial charge in [-0.3, -0.25) is 9.69 Å². The Kier molecular flexibility index (Phi) is 4.83. The highest BCUT2D eigenvalue weighted by Gasteiger charge is 2.53. The number of hydrogen-bond donors (Lipinski definition) is 0. The van der Waals surface area contributed by atoms with Gasteiger partial charge in [-0.15, -0.1) is 0 Å². The van der Waals surface area contributed by atoms with Gasteiger partial charge in [-0.2, -0.15) is 0 Å². The average molecular weight is 381 g/mol. The summed E-state index contributed by atoms with van der Waals surface area (Å²) in [7, 11) is 1.74. The van der Waals surface area contributed by atoms with Crippen molar-refractivity contribution < 1.29 is 9.59 Å². The van der Waals surface area contributed by atoms with Gasteiger partial charge in [0.15, 0.2) is 12.2 Å². The van der Waals surface area contributed by atoms with E-state index < -0.39 is 12.2 Å². The van der Waals surface area contributed by atoms with Crippen LogP contribution in [-0.2, 0) is 11.2 Å². The second-order valence-electron chi connectivity index (χ2n) is 7.59. The molecule has 3 amide bonds. The van der Waals surface area contributed by atoms with Gasteiger partial charge in [-0.05, 0) is 31.7 Å². The molecule has 4 rings (SSSR count). The molecular weight excluding hydrogens is 354 g/mol. The van der Waals surface area contributed by atoms with Crippen molar-refractivity contribution in [1.29, 1.82) is 0 Å². The zero-order chi connectivity index (χ0) is 19.8. The normalized spacial score (nSPS) is 23.8. The molecule has 0 N–H and O–H groups in total. The highest BCUT2D eigenvalue weighted by molar-refractivity contribution is 6.04. The van der Waals surface area contributed by atoms with Gasteiger partial charge in [-0.25, -0.2) is 9.79 Å². The molecule has 0 aromatic heterocycles. The van der Waals surface area contributed by atoms with E-state index in [-0.39, 0.29) is 11.9 Å². The smallest absolute Gasteiger partial charge is 0.315 e. The van der Waals surface area contributed by atoms with E-state index in [9.17, 15) is 9.59 Å². The summed E-state index contributed by atoms with van der Waals surface area (Å²) in [6.45, 7) is 5.42.